The Labute approximate surface area is 160 Å². The van der Waals surface area contributed by atoms with E-state index in [9.17, 15) is 18.0 Å². The number of pyridine rings is 1. The Morgan fingerprint density at radius 3 is 2.69 bits per heavy atom. The highest BCUT2D eigenvalue weighted by molar-refractivity contribution is 8.00. The lowest BCUT2D eigenvalue weighted by Gasteiger charge is -2.39. The topological polar surface area (TPSA) is 33.2 Å². The van der Waals surface area contributed by atoms with E-state index < -0.39 is 11.7 Å². The number of aromatic nitrogens is 1. The summed E-state index contributed by atoms with van der Waals surface area (Å²) in [7, 11) is 0. The molecule has 0 aromatic carbocycles. The third kappa shape index (κ3) is 4.14. The molecule has 2 fully saturated rings. The Bertz CT molecular complexity index is 725. The molecule has 2 heterocycles. The number of hydrogen-bond acceptors (Lipinski definition) is 3. The maximum Gasteiger partial charge on any atom is 0.417 e. The predicted molar refractivity (Wildman–Crippen MR) is 96.2 cm³/mol. The molecule has 2 bridgehead atoms. The minimum absolute atomic E-state index is 0.000750. The number of alkyl halides is 3. The third-order valence-electron chi connectivity index (χ3n) is 5.20. The number of halogens is 4. The summed E-state index contributed by atoms with van der Waals surface area (Å²) in [5.74, 6) is 0.129. The van der Waals surface area contributed by atoms with Gasteiger partial charge in [0, 0.05) is 18.8 Å². The zero-order valence-electron chi connectivity index (χ0n) is 15.0. The Morgan fingerprint density at radius 1 is 1.38 bits per heavy atom. The van der Waals surface area contributed by atoms with Crippen molar-refractivity contribution in [2.75, 3.05) is 12.3 Å². The number of carbonyl (C=O) groups excluding carboxylic acids is 1. The van der Waals surface area contributed by atoms with Gasteiger partial charge in [-0.25, -0.2) is 4.98 Å². The van der Waals surface area contributed by atoms with E-state index in [1.54, 1.807) is 0 Å². The van der Waals surface area contributed by atoms with E-state index in [-0.39, 0.29) is 38.6 Å². The predicted octanol–water partition coefficient (Wildman–Crippen LogP) is 5.27. The normalized spacial score (nSPS) is 27.7. The molecule has 1 aromatic heterocycles. The number of hydrogen-bond donors (Lipinski definition) is 0. The monoisotopic (exact) mass is 406 g/mol. The van der Waals surface area contributed by atoms with Crippen molar-refractivity contribution in [1.29, 1.82) is 0 Å². The Hall–Kier alpha value is -0.950. The average molecular weight is 407 g/mol. The van der Waals surface area contributed by atoms with Crippen LogP contribution in [0.15, 0.2) is 17.3 Å². The van der Waals surface area contributed by atoms with Gasteiger partial charge in [0.25, 0.3) is 0 Å². The molecule has 1 aliphatic heterocycles. The van der Waals surface area contributed by atoms with Crippen LogP contribution >= 0.6 is 23.4 Å². The van der Waals surface area contributed by atoms with E-state index in [2.05, 4.69) is 25.8 Å². The standard InChI is InChI=1S/C18H22ClF3N2OS/c1-16(2)5-12-6-17(3,9-16)10-24(12)14(25)8-26-15-13(19)4-11(7-23-15)18(20,21)22/h4,7,12H,5-6,8-10H2,1-3H3. The van der Waals surface area contributed by atoms with E-state index in [0.29, 0.717) is 0 Å². The van der Waals surface area contributed by atoms with Gasteiger partial charge in [-0.15, -0.1) is 0 Å². The van der Waals surface area contributed by atoms with Gasteiger partial charge in [0.15, 0.2) is 0 Å². The van der Waals surface area contributed by atoms with Gasteiger partial charge < -0.3 is 4.90 Å². The fourth-order valence-corrected chi connectivity index (χ4v) is 5.73. The smallest absolute Gasteiger partial charge is 0.338 e. The Kier molecular flexibility index (Phi) is 5.02. The molecular weight excluding hydrogens is 385 g/mol. The minimum Gasteiger partial charge on any atom is -0.338 e. The SMILES string of the molecule is CC1(C)CC2CC(C)(CN2C(=O)CSc2ncc(C(F)(F)F)cc2Cl)C1. The Balaban J connectivity index is 1.65. The van der Waals surface area contributed by atoms with Crippen LogP contribution in [0.5, 0.6) is 0 Å². The van der Waals surface area contributed by atoms with Gasteiger partial charge in [0.05, 0.1) is 16.3 Å². The second kappa shape index (κ2) is 6.59. The highest BCUT2D eigenvalue weighted by Gasteiger charge is 2.50. The summed E-state index contributed by atoms with van der Waals surface area (Å²) in [4.78, 5) is 18.4. The largest absolute Gasteiger partial charge is 0.417 e. The van der Waals surface area contributed by atoms with E-state index in [1.165, 1.54) is 0 Å². The van der Waals surface area contributed by atoms with Crippen LogP contribution in [0.25, 0.3) is 0 Å². The second-order valence-corrected chi connectivity index (χ2v) is 9.90. The average Bonchev–Trinajstić information content (AvgIpc) is 2.73. The van der Waals surface area contributed by atoms with Crippen molar-refractivity contribution in [3.05, 3.63) is 22.8 Å². The van der Waals surface area contributed by atoms with E-state index in [4.69, 9.17) is 11.6 Å². The van der Waals surface area contributed by atoms with Gasteiger partial charge >= 0.3 is 6.18 Å². The van der Waals surface area contributed by atoms with Crippen molar-refractivity contribution in [3.63, 3.8) is 0 Å². The molecule has 2 unspecified atom stereocenters. The molecule has 0 N–H and O–H groups in total. The van der Waals surface area contributed by atoms with Crippen LogP contribution < -0.4 is 0 Å². The molecule has 2 aliphatic rings. The van der Waals surface area contributed by atoms with Gasteiger partial charge in [-0.2, -0.15) is 13.2 Å². The highest BCUT2D eigenvalue weighted by Crippen LogP contribution is 2.52. The van der Waals surface area contributed by atoms with Crippen molar-refractivity contribution in [2.45, 2.75) is 57.3 Å². The fourth-order valence-electron chi connectivity index (χ4n) is 4.65. The van der Waals surface area contributed by atoms with Crippen molar-refractivity contribution in [1.82, 2.24) is 9.88 Å². The number of nitrogens with zero attached hydrogens (tertiary/aromatic N) is 2. The van der Waals surface area contributed by atoms with Crippen molar-refractivity contribution in [2.24, 2.45) is 10.8 Å². The number of rotatable bonds is 3. The molecule has 144 valence electrons. The van der Waals surface area contributed by atoms with E-state index in [0.717, 1.165) is 49.8 Å². The van der Waals surface area contributed by atoms with Crippen LogP contribution in [0.1, 0.15) is 45.6 Å². The quantitative estimate of drug-likeness (QED) is 0.641. The maximum absolute atomic E-state index is 12.7. The molecule has 8 heteroatoms. The molecule has 2 atom stereocenters. The zero-order chi connectivity index (χ0) is 19.3. The zero-order valence-corrected chi connectivity index (χ0v) is 16.6. The minimum atomic E-state index is -4.48. The lowest BCUT2D eigenvalue weighted by molar-refractivity contribution is -0.138. The number of carbonyl (C=O) groups is 1. The van der Waals surface area contributed by atoms with Gasteiger partial charge in [0.2, 0.25) is 5.91 Å². The summed E-state index contributed by atoms with van der Waals surface area (Å²) < 4.78 is 38.0. The van der Waals surface area contributed by atoms with Crippen LogP contribution in [0.2, 0.25) is 5.02 Å². The van der Waals surface area contributed by atoms with Crippen molar-refractivity contribution >= 4 is 29.3 Å². The second-order valence-electron chi connectivity index (χ2n) is 8.53. The summed E-state index contributed by atoms with van der Waals surface area (Å²) in [5.41, 5.74) is -0.517. The fraction of sp³-hybridized carbons (Fsp3) is 0.667. The first-order valence-electron chi connectivity index (χ1n) is 8.54. The number of thioether (sulfide) groups is 1. The van der Waals surface area contributed by atoms with Crippen molar-refractivity contribution < 1.29 is 18.0 Å². The molecule has 3 rings (SSSR count). The molecule has 0 spiro atoms. The van der Waals surface area contributed by atoms with Gasteiger partial charge in [-0.1, -0.05) is 44.1 Å². The van der Waals surface area contributed by atoms with Crippen molar-refractivity contribution in [3.8, 4) is 0 Å². The summed E-state index contributed by atoms with van der Waals surface area (Å²) >= 11 is 7.01. The van der Waals surface area contributed by atoms with Crippen LogP contribution in [-0.4, -0.2) is 34.1 Å². The van der Waals surface area contributed by atoms with E-state index >= 15 is 0 Å². The summed E-state index contributed by atoms with van der Waals surface area (Å²) in [6.07, 6.45) is -0.625. The molecule has 1 aromatic rings. The van der Waals surface area contributed by atoms with Crippen LogP contribution in [0.4, 0.5) is 13.2 Å². The molecular formula is C18H22ClF3N2OS. The summed E-state index contributed by atoms with van der Waals surface area (Å²) in [6, 6.07) is 1.10. The highest BCUT2D eigenvalue weighted by atomic mass is 35.5. The van der Waals surface area contributed by atoms with E-state index in [1.807, 2.05) is 4.90 Å². The number of fused-ring (bicyclic) bond motifs is 2. The van der Waals surface area contributed by atoms with Gasteiger partial charge in [-0.05, 0) is 36.2 Å². The van der Waals surface area contributed by atoms with Gasteiger partial charge in [0.1, 0.15) is 5.03 Å². The molecule has 3 nitrogen and oxygen atoms in total. The Morgan fingerprint density at radius 2 is 2.08 bits per heavy atom. The first-order valence-corrected chi connectivity index (χ1v) is 9.90. The maximum atomic E-state index is 12.7. The first kappa shape index (κ1) is 19.8. The number of likely N-dealkylation sites (tertiary alicyclic amines) is 1. The molecule has 1 saturated heterocycles. The molecule has 0 radical (unpaired) electrons. The molecule has 1 aliphatic carbocycles. The summed E-state index contributed by atoms with van der Waals surface area (Å²) in [5, 5.41) is 0.174. The van der Waals surface area contributed by atoms with Crippen LogP contribution in [-0.2, 0) is 11.0 Å². The summed E-state index contributed by atoms with van der Waals surface area (Å²) in [6.45, 7) is 7.46. The van der Waals surface area contributed by atoms with Crippen LogP contribution in [0.3, 0.4) is 0 Å². The lowest BCUT2D eigenvalue weighted by Crippen LogP contribution is -2.38. The molecule has 1 saturated carbocycles. The first-order chi connectivity index (χ1) is 11.9. The molecule has 26 heavy (non-hydrogen) atoms. The van der Waals surface area contributed by atoms with Crippen LogP contribution in [0, 0.1) is 10.8 Å². The lowest BCUT2D eigenvalue weighted by atomic mass is 9.65. The number of amides is 1. The third-order valence-corrected chi connectivity index (χ3v) is 6.59. The van der Waals surface area contributed by atoms with Gasteiger partial charge in [-0.3, -0.25) is 4.79 Å². The molecule has 1 amide bonds.